The lowest BCUT2D eigenvalue weighted by atomic mass is 10.0. The number of carbonyl (C=O) groups excluding carboxylic acids is 4. The van der Waals surface area contributed by atoms with Gasteiger partial charge in [0.15, 0.2) is 0 Å². The molecule has 0 bridgehead atoms. The van der Waals surface area contributed by atoms with E-state index in [4.69, 9.17) is 5.11 Å². The molecule has 11 nitrogen and oxygen atoms in total. The zero-order chi connectivity index (χ0) is 29.4. The molecule has 11 heteroatoms. The summed E-state index contributed by atoms with van der Waals surface area (Å²) in [6.07, 6.45) is -0.144. The first kappa shape index (κ1) is 28.8. The van der Waals surface area contributed by atoms with E-state index in [0.717, 1.165) is 11.1 Å². The van der Waals surface area contributed by atoms with Crippen molar-refractivity contribution in [3.63, 3.8) is 0 Å². The van der Waals surface area contributed by atoms with Gasteiger partial charge in [0.05, 0.1) is 17.7 Å². The Balaban J connectivity index is 1.56. The Bertz CT molecular complexity index is 1430. The van der Waals surface area contributed by atoms with E-state index < -0.39 is 48.4 Å². The SMILES string of the molecule is C[C@@H](CC(=O)O)NC(=O)CN1C(=O)c2cc(NC(=O)NCc3ccccc3)ccc2NC(=O)[C@@H]1Cc1ccccc1. The predicted molar refractivity (Wildman–Crippen MR) is 152 cm³/mol. The van der Waals surface area contributed by atoms with E-state index in [1.165, 1.54) is 17.0 Å². The molecule has 0 aliphatic carbocycles. The van der Waals surface area contributed by atoms with Gasteiger partial charge in [-0.3, -0.25) is 19.2 Å². The van der Waals surface area contributed by atoms with E-state index in [0.29, 0.717) is 12.2 Å². The second-order valence-electron chi connectivity index (χ2n) is 9.75. The van der Waals surface area contributed by atoms with E-state index in [1.54, 1.807) is 13.0 Å². The van der Waals surface area contributed by atoms with Gasteiger partial charge >= 0.3 is 12.0 Å². The maximum Gasteiger partial charge on any atom is 0.319 e. The second-order valence-corrected chi connectivity index (χ2v) is 9.75. The lowest BCUT2D eigenvalue weighted by Gasteiger charge is -2.29. The Morgan fingerprint density at radius 3 is 2.27 bits per heavy atom. The van der Waals surface area contributed by atoms with E-state index in [9.17, 15) is 24.0 Å². The fourth-order valence-electron chi connectivity index (χ4n) is 4.53. The van der Waals surface area contributed by atoms with Crippen LogP contribution in [0.4, 0.5) is 16.2 Å². The molecule has 4 rings (SSSR count). The number of urea groups is 1. The lowest BCUT2D eigenvalue weighted by Crippen LogP contribution is -2.51. The highest BCUT2D eigenvalue weighted by Crippen LogP contribution is 2.28. The second kappa shape index (κ2) is 13.2. The number of rotatable bonds is 10. The van der Waals surface area contributed by atoms with Crippen LogP contribution in [0.5, 0.6) is 0 Å². The third-order valence-electron chi connectivity index (χ3n) is 6.48. The van der Waals surface area contributed by atoms with Crippen LogP contribution >= 0.6 is 0 Å². The number of carbonyl (C=O) groups is 5. The van der Waals surface area contributed by atoms with Crippen LogP contribution in [0.25, 0.3) is 0 Å². The van der Waals surface area contributed by atoms with E-state index in [1.807, 2.05) is 60.7 Å². The van der Waals surface area contributed by atoms with E-state index in [-0.39, 0.29) is 24.1 Å². The Morgan fingerprint density at radius 1 is 0.951 bits per heavy atom. The third-order valence-corrected chi connectivity index (χ3v) is 6.48. The molecule has 0 aromatic heterocycles. The van der Waals surface area contributed by atoms with Crippen LogP contribution in [0.15, 0.2) is 78.9 Å². The highest BCUT2D eigenvalue weighted by Gasteiger charge is 2.37. The molecule has 0 saturated heterocycles. The summed E-state index contributed by atoms with van der Waals surface area (Å²) >= 11 is 0. The van der Waals surface area contributed by atoms with E-state index in [2.05, 4.69) is 21.3 Å². The normalized spacial score (nSPS) is 15.1. The average molecular weight is 558 g/mol. The maximum atomic E-state index is 13.9. The van der Waals surface area contributed by atoms with Gasteiger partial charge in [-0.1, -0.05) is 60.7 Å². The van der Waals surface area contributed by atoms with Gasteiger partial charge in [0.2, 0.25) is 11.8 Å². The first-order valence-corrected chi connectivity index (χ1v) is 13.1. The van der Waals surface area contributed by atoms with Crippen molar-refractivity contribution < 1.29 is 29.1 Å². The summed E-state index contributed by atoms with van der Waals surface area (Å²) in [5.41, 5.74) is 2.36. The summed E-state index contributed by atoms with van der Waals surface area (Å²) in [6, 6.07) is 20.8. The van der Waals surface area contributed by atoms with Crippen molar-refractivity contribution in [1.29, 1.82) is 0 Å². The Labute approximate surface area is 236 Å². The molecule has 5 N–H and O–H groups in total. The number of carboxylic acids is 1. The third kappa shape index (κ3) is 7.91. The van der Waals surface area contributed by atoms with Gasteiger partial charge in [0.25, 0.3) is 5.91 Å². The molecule has 0 radical (unpaired) electrons. The highest BCUT2D eigenvalue weighted by molar-refractivity contribution is 6.11. The number of benzene rings is 3. The topological polar surface area (TPSA) is 157 Å². The molecular formula is C30H31N5O6. The quantitative estimate of drug-likeness (QED) is 0.258. The van der Waals surface area contributed by atoms with Crippen LogP contribution in [0.3, 0.4) is 0 Å². The summed E-state index contributed by atoms with van der Waals surface area (Å²) < 4.78 is 0. The number of hydrogen-bond donors (Lipinski definition) is 5. The van der Waals surface area contributed by atoms with Gasteiger partial charge in [-0.25, -0.2) is 4.79 Å². The Hall–Kier alpha value is -5.19. The number of hydrogen-bond acceptors (Lipinski definition) is 5. The molecule has 212 valence electrons. The van der Waals surface area contributed by atoms with Gasteiger partial charge < -0.3 is 31.3 Å². The van der Waals surface area contributed by atoms with Crippen molar-refractivity contribution in [3.05, 3.63) is 95.6 Å². The largest absolute Gasteiger partial charge is 0.481 e. The summed E-state index contributed by atoms with van der Waals surface area (Å²) in [7, 11) is 0. The molecule has 1 aliphatic rings. The average Bonchev–Trinajstić information content (AvgIpc) is 3.03. The van der Waals surface area contributed by atoms with Crippen LogP contribution in [0.2, 0.25) is 0 Å². The Morgan fingerprint density at radius 2 is 1.61 bits per heavy atom. The molecule has 0 unspecified atom stereocenters. The van der Waals surface area contributed by atoms with Crippen molar-refractivity contribution in [2.24, 2.45) is 0 Å². The van der Waals surface area contributed by atoms with Gasteiger partial charge in [0, 0.05) is 24.7 Å². The first-order chi connectivity index (χ1) is 19.7. The molecule has 1 heterocycles. The molecule has 2 atom stereocenters. The monoisotopic (exact) mass is 557 g/mol. The number of carboxylic acid groups (broad SMARTS) is 1. The Kier molecular flexibility index (Phi) is 9.31. The van der Waals surface area contributed by atoms with Crippen molar-refractivity contribution in [1.82, 2.24) is 15.5 Å². The standard InChI is InChI=1S/C30H31N5O6/c1-19(14-27(37)38)32-26(36)18-35-25(15-20-8-4-2-5-9-20)28(39)34-24-13-12-22(16-23(24)29(35)40)33-30(41)31-17-21-10-6-3-7-11-21/h2-13,16,19,25H,14-15,17-18H2,1H3,(H,32,36)(H,34,39)(H,37,38)(H2,31,33,41)/t19-,25-/m0/s1. The lowest BCUT2D eigenvalue weighted by molar-refractivity contribution is -0.137. The summed E-state index contributed by atoms with van der Waals surface area (Å²) in [5, 5.41) is 19.8. The number of anilines is 2. The molecular weight excluding hydrogens is 526 g/mol. The molecule has 0 spiro atoms. The summed E-state index contributed by atoms with van der Waals surface area (Å²) in [4.78, 5) is 64.8. The molecule has 3 aromatic carbocycles. The van der Waals surface area contributed by atoms with Crippen LogP contribution in [0, 0.1) is 0 Å². The first-order valence-electron chi connectivity index (χ1n) is 13.1. The molecule has 0 saturated carbocycles. The molecule has 3 aromatic rings. The van der Waals surface area contributed by atoms with Crippen LogP contribution in [-0.2, 0) is 27.3 Å². The zero-order valence-electron chi connectivity index (χ0n) is 22.4. The van der Waals surface area contributed by atoms with Crippen molar-refractivity contribution in [2.45, 2.75) is 38.4 Å². The fourth-order valence-corrected chi connectivity index (χ4v) is 4.53. The molecule has 1 aliphatic heterocycles. The van der Waals surface area contributed by atoms with Crippen molar-refractivity contribution >= 4 is 41.1 Å². The van der Waals surface area contributed by atoms with Crippen LogP contribution in [-0.4, -0.2) is 58.4 Å². The minimum absolute atomic E-state index is 0.0983. The molecule has 41 heavy (non-hydrogen) atoms. The smallest absolute Gasteiger partial charge is 0.319 e. The van der Waals surface area contributed by atoms with Crippen molar-refractivity contribution in [3.8, 4) is 0 Å². The number of aliphatic carboxylic acids is 1. The minimum Gasteiger partial charge on any atom is -0.481 e. The number of nitrogens with zero attached hydrogens (tertiary/aromatic N) is 1. The number of fused-ring (bicyclic) bond motifs is 1. The molecule has 5 amide bonds. The summed E-state index contributed by atoms with van der Waals surface area (Å²) in [5.74, 6) is -2.75. The fraction of sp³-hybridized carbons (Fsp3) is 0.233. The van der Waals surface area contributed by atoms with Gasteiger partial charge in [-0.05, 0) is 36.2 Å². The minimum atomic E-state index is -1.08. The molecule has 0 fully saturated rings. The predicted octanol–water partition coefficient (Wildman–Crippen LogP) is 2.99. The van der Waals surface area contributed by atoms with Crippen LogP contribution in [0.1, 0.15) is 34.8 Å². The summed E-state index contributed by atoms with van der Waals surface area (Å²) in [6.45, 7) is 1.37. The number of amides is 5. The zero-order valence-corrected chi connectivity index (χ0v) is 22.4. The highest BCUT2D eigenvalue weighted by atomic mass is 16.4. The van der Waals surface area contributed by atoms with Gasteiger partial charge in [0.1, 0.15) is 12.6 Å². The van der Waals surface area contributed by atoms with Gasteiger partial charge in [-0.15, -0.1) is 0 Å². The van der Waals surface area contributed by atoms with Crippen LogP contribution < -0.4 is 21.3 Å². The van der Waals surface area contributed by atoms with Crippen molar-refractivity contribution in [2.75, 3.05) is 17.2 Å². The van der Waals surface area contributed by atoms with E-state index >= 15 is 0 Å². The maximum absolute atomic E-state index is 13.9. The number of nitrogens with one attached hydrogen (secondary N) is 4. The van der Waals surface area contributed by atoms with Gasteiger partial charge in [-0.2, -0.15) is 0 Å².